The molecule has 7 aromatic carbocycles. The second-order valence-electron chi connectivity index (χ2n) is 24.9. The van der Waals surface area contributed by atoms with E-state index in [0.717, 1.165) is 22.5 Å². The summed E-state index contributed by atoms with van der Waals surface area (Å²) in [6, 6.07) is 38.6. The van der Waals surface area contributed by atoms with Crippen molar-refractivity contribution >= 4 is 55.6 Å². The van der Waals surface area contributed by atoms with Gasteiger partial charge in [-0.05, 0) is 147 Å². The van der Waals surface area contributed by atoms with Crippen molar-refractivity contribution in [1.29, 1.82) is 0 Å². The van der Waals surface area contributed by atoms with E-state index in [0.29, 0.717) is 51.9 Å². The molecule has 9 aromatic rings. The number of para-hydroxylation sites is 5. The highest BCUT2D eigenvalue weighted by Gasteiger charge is 2.37. The molecule has 2 saturated carbocycles. The molecule has 0 N–H and O–H groups in total. The summed E-state index contributed by atoms with van der Waals surface area (Å²) in [5.74, 6) is 1.99. The van der Waals surface area contributed by atoms with Gasteiger partial charge in [-0.2, -0.15) is 0 Å². The summed E-state index contributed by atoms with van der Waals surface area (Å²) < 4.78 is 72.5. The van der Waals surface area contributed by atoms with Crippen LogP contribution >= 0.6 is 0 Å². The van der Waals surface area contributed by atoms with E-state index < -0.39 is 13.0 Å². The first kappa shape index (κ1) is 41.5. The number of ether oxygens (including phenoxy) is 1. The molecule has 3 heterocycles. The van der Waals surface area contributed by atoms with Gasteiger partial charge in [0.2, 0.25) is 5.95 Å². The predicted molar refractivity (Wildman–Crippen MR) is 317 cm³/mol. The number of fused-ring (bicyclic) bond motifs is 5. The zero-order valence-electron chi connectivity index (χ0n) is 52.5. The van der Waals surface area contributed by atoms with Crippen molar-refractivity contribution in [3.05, 3.63) is 167 Å². The molecule has 0 amide bonds. The molecule has 6 heteroatoms. The number of rotatable bonds is 8. The van der Waals surface area contributed by atoms with E-state index in [1.165, 1.54) is 108 Å². The SMILES string of the molecule is [2H]c1c([2H])c([2H])c2c(c1[2H])c1ccc(Oc3cc(-c4c(C(C)(C)C)cccc4C(C)(C)C)cc(N4CN(c5c(C6CCCCC6)cc(C(C)(C)C)cc5C5CCCCC5)c5ccccc54)c3)cc1n2-c1nc2ccccc2n1C([2H])([2H])[2H]. The first-order valence-corrected chi connectivity index (χ1v) is 27.7. The maximum atomic E-state index is 9.33. The van der Waals surface area contributed by atoms with Crippen LogP contribution in [-0.2, 0) is 23.2 Å². The van der Waals surface area contributed by atoms with Gasteiger partial charge in [-0.25, -0.2) is 4.98 Å². The van der Waals surface area contributed by atoms with E-state index >= 15 is 0 Å². The maximum Gasteiger partial charge on any atom is 0.215 e. The summed E-state index contributed by atoms with van der Waals surface area (Å²) in [4.78, 5) is 10.0. The highest BCUT2D eigenvalue weighted by Crippen LogP contribution is 2.54. The Bertz CT molecular complexity index is 3900. The van der Waals surface area contributed by atoms with Crippen LogP contribution in [0.2, 0.25) is 0 Å². The normalized spacial score (nSPS) is 17.7. The van der Waals surface area contributed by atoms with Crippen molar-refractivity contribution in [3.8, 4) is 28.6 Å². The van der Waals surface area contributed by atoms with Crippen LogP contribution in [0, 0.1) is 0 Å². The second-order valence-corrected chi connectivity index (χ2v) is 24.9. The van der Waals surface area contributed by atoms with Gasteiger partial charge in [0, 0.05) is 45.4 Å². The molecule has 2 aromatic heterocycles. The lowest BCUT2D eigenvalue weighted by molar-refractivity contribution is 0.434. The highest BCUT2D eigenvalue weighted by molar-refractivity contribution is 6.09. The Balaban J connectivity index is 1.08. The van der Waals surface area contributed by atoms with Gasteiger partial charge in [0.25, 0.3) is 0 Å². The number of hydrogen-bond acceptors (Lipinski definition) is 4. The van der Waals surface area contributed by atoms with Gasteiger partial charge >= 0.3 is 0 Å². The van der Waals surface area contributed by atoms with Crippen LogP contribution < -0.4 is 14.5 Å². The molecule has 0 unspecified atom stereocenters. The van der Waals surface area contributed by atoms with Crippen LogP contribution in [0.3, 0.4) is 0 Å². The Kier molecular flexibility index (Phi) is 10.4. The van der Waals surface area contributed by atoms with Crippen LogP contribution in [0.25, 0.3) is 49.9 Å². The molecule has 0 radical (unpaired) electrons. The number of hydrogen-bond donors (Lipinski definition) is 0. The van der Waals surface area contributed by atoms with Crippen molar-refractivity contribution < 1.29 is 14.3 Å². The minimum absolute atomic E-state index is 0.00440. The molecule has 2 aliphatic carbocycles. The molecular formula is C69H77N5O. The van der Waals surface area contributed by atoms with Crippen LogP contribution in [0.15, 0.2) is 139 Å². The number of nitrogens with zero attached hydrogens (tertiary/aromatic N) is 5. The fraction of sp³-hybridized carbons (Fsp3) is 0.377. The van der Waals surface area contributed by atoms with E-state index in [9.17, 15) is 2.74 Å². The molecule has 1 aliphatic heterocycles. The molecular weight excluding hydrogens is 915 g/mol. The van der Waals surface area contributed by atoms with Crippen LogP contribution in [0.5, 0.6) is 11.5 Å². The lowest BCUT2D eigenvalue weighted by atomic mass is 9.74. The van der Waals surface area contributed by atoms with Gasteiger partial charge in [0.05, 0.1) is 38.9 Å². The molecule has 3 aliphatic rings. The molecule has 2 fully saturated rings. The van der Waals surface area contributed by atoms with Crippen LogP contribution in [-0.4, -0.2) is 20.8 Å². The Morgan fingerprint density at radius 2 is 1.19 bits per heavy atom. The Labute approximate surface area is 456 Å². The third kappa shape index (κ3) is 8.90. The average molecular weight is 999 g/mol. The van der Waals surface area contributed by atoms with Gasteiger partial charge in [-0.15, -0.1) is 0 Å². The average Bonchev–Trinajstić information content (AvgIpc) is 2.11. The van der Waals surface area contributed by atoms with Crippen molar-refractivity contribution in [1.82, 2.24) is 14.1 Å². The van der Waals surface area contributed by atoms with Crippen molar-refractivity contribution in [3.63, 3.8) is 0 Å². The lowest BCUT2D eigenvalue weighted by Gasteiger charge is -2.36. The Hall–Kier alpha value is -6.79. The van der Waals surface area contributed by atoms with Gasteiger partial charge in [0.15, 0.2) is 0 Å². The fourth-order valence-electron chi connectivity index (χ4n) is 12.8. The van der Waals surface area contributed by atoms with Gasteiger partial charge in [-0.1, -0.05) is 174 Å². The van der Waals surface area contributed by atoms with E-state index in [1.54, 1.807) is 28.8 Å². The third-order valence-electron chi connectivity index (χ3n) is 16.7. The largest absolute Gasteiger partial charge is 0.457 e. The van der Waals surface area contributed by atoms with Gasteiger partial charge in [0.1, 0.15) is 18.2 Å². The van der Waals surface area contributed by atoms with Crippen molar-refractivity contribution in [2.75, 3.05) is 16.5 Å². The fourth-order valence-corrected chi connectivity index (χ4v) is 12.8. The predicted octanol–water partition coefficient (Wildman–Crippen LogP) is 19.4. The van der Waals surface area contributed by atoms with Crippen molar-refractivity contribution in [2.24, 2.45) is 6.98 Å². The standard InChI is InChI=1S/C69H77N5O/c1-67(2,3)48-40-54(45-24-13-11-14-25-45)65(55(41-48)46-26-15-12-16-27-46)73-44-72(61-34-21-22-35-62(61)73)49-38-47(64-56(68(4,5)6)29-23-30-57(64)69(7,8)9)39-51(42-49)75-50-36-37-53-52-28-17-19-32-59(52)74(63(53)43-50)66-70-58-31-18-20-33-60(58)71(66)10/h17-23,28-43,45-46H,11-16,24-27,44H2,1-10H3/i10D3,17D,19D,28D,32D. The monoisotopic (exact) mass is 999 g/mol. The summed E-state index contributed by atoms with van der Waals surface area (Å²) in [5.41, 5.74) is 14.7. The zero-order chi connectivity index (χ0) is 57.9. The zero-order valence-corrected chi connectivity index (χ0v) is 45.5. The van der Waals surface area contributed by atoms with E-state index in [2.05, 4.69) is 145 Å². The molecule has 12 rings (SSSR count). The summed E-state index contributed by atoms with van der Waals surface area (Å²) >= 11 is 0. The van der Waals surface area contributed by atoms with Gasteiger partial charge in [-0.3, -0.25) is 4.57 Å². The first-order chi connectivity index (χ1) is 38.9. The Morgan fingerprint density at radius 3 is 1.83 bits per heavy atom. The first-order valence-electron chi connectivity index (χ1n) is 31.2. The summed E-state index contributed by atoms with van der Waals surface area (Å²) in [6.45, 7) is 18.7. The van der Waals surface area contributed by atoms with E-state index in [4.69, 9.17) is 16.6 Å². The Morgan fingerprint density at radius 1 is 0.560 bits per heavy atom. The van der Waals surface area contributed by atoms with E-state index in [-0.39, 0.29) is 51.2 Å². The number of aryl methyl sites for hydroxylation is 1. The topological polar surface area (TPSA) is 38.5 Å². The lowest BCUT2D eigenvalue weighted by Crippen LogP contribution is -2.28. The number of aromatic nitrogens is 3. The molecule has 0 atom stereocenters. The van der Waals surface area contributed by atoms with Gasteiger partial charge < -0.3 is 19.1 Å². The van der Waals surface area contributed by atoms with Crippen molar-refractivity contribution in [2.45, 2.75) is 155 Å². The molecule has 75 heavy (non-hydrogen) atoms. The number of benzene rings is 7. The number of imidazole rings is 1. The van der Waals surface area contributed by atoms with Crippen LogP contribution in [0.4, 0.5) is 22.7 Å². The minimum atomic E-state index is -2.70. The molecule has 0 bridgehead atoms. The van der Waals surface area contributed by atoms with Crippen LogP contribution in [0.1, 0.15) is 176 Å². The smallest absolute Gasteiger partial charge is 0.215 e. The summed E-state index contributed by atoms with van der Waals surface area (Å²) in [7, 11) is 0. The molecule has 6 nitrogen and oxygen atoms in total. The molecule has 384 valence electrons. The highest BCUT2D eigenvalue weighted by atomic mass is 16.5. The van der Waals surface area contributed by atoms with E-state index in [1.807, 2.05) is 18.2 Å². The molecule has 0 saturated heterocycles. The number of anilines is 4. The second kappa shape index (κ2) is 18.8. The maximum absolute atomic E-state index is 9.33. The minimum Gasteiger partial charge on any atom is -0.457 e. The third-order valence-corrected chi connectivity index (χ3v) is 16.7. The summed E-state index contributed by atoms with van der Waals surface area (Å²) in [5, 5.41) is 0.768. The molecule has 0 spiro atoms. The summed E-state index contributed by atoms with van der Waals surface area (Å²) in [6.07, 6.45) is 12.4. The quantitative estimate of drug-likeness (QED) is 0.152.